The predicted octanol–water partition coefficient (Wildman–Crippen LogP) is 2.13. The average molecular weight is 446 g/mol. The van der Waals surface area contributed by atoms with E-state index in [-0.39, 0.29) is 22.9 Å². The largest absolute Gasteiger partial charge is 0.387 e. The quantitative estimate of drug-likeness (QED) is 0.751. The minimum Gasteiger partial charge on any atom is -0.387 e. The molecule has 1 amide bonds. The van der Waals surface area contributed by atoms with Crippen molar-refractivity contribution in [3.05, 3.63) is 52.2 Å². The zero-order chi connectivity index (χ0) is 21.9. The van der Waals surface area contributed by atoms with Gasteiger partial charge in [0.1, 0.15) is 18.0 Å². The number of carbonyl (C=O) groups is 1. The Morgan fingerprint density at radius 3 is 2.65 bits per heavy atom. The first-order valence-corrected chi connectivity index (χ1v) is 11.0. The number of aliphatic hydroxyl groups is 1. The molecule has 2 fully saturated rings. The standard InChI is InChI=1S/C22H25ClFN5O2/c1-12-8-16(30)19-18(12)20(27-11-26-19)28-4-6-29(7-5-28)21(31)22(10-17(22)25)13-2-3-14(23)15(24)9-13/h2-3,9,11-12,16-17,30H,4-8,10,25H2,1H3/t12-,16-,17?,22?/m1/s1. The molecule has 5 rings (SSSR count). The molecule has 0 spiro atoms. The van der Waals surface area contributed by atoms with E-state index in [2.05, 4.69) is 21.8 Å². The van der Waals surface area contributed by atoms with Gasteiger partial charge in [0.15, 0.2) is 0 Å². The maximum Gasteiger partial charge on any atom is 0.234 e. The fraction of sp³-hybridized carbons (Fsp3) is 0.500. The number of nitrogens with two attached hydrogens (primary N) is 1. The van der Waals surface area contributed by atoms with Crippen LogP contribution in [0.3, 0.4) is 0 Å². The Hall–Kier alpha value is -2.29. The summed E-state index contributed by atoms with van der Waals surface area (Å²) in [6, 6.07) is 4.19. The second-order valence-corrected chi connectivity index (χ2v) is 9.25. The van der Waals surface area contributed by atoms with Crippen LogP contribution in [0.15, 0.2) is 24.5 Å². The molecule has 0 bridgehead atoms. The van der Waals surface area contributed by atoms with Crippen molar-refractivity contribution < 1.29 is 14.3 Å². The van der Waals surface area contributed by atoms with Gasteiger partial charge in [-0.15, -0.1) is 0 Å². The van der Waals surface area contributed by atoms with Crippen molar-refractivity contribution in [2.75, 3.05) is 31.1 Å². The van der Waals surface area contributed by atoms with Crippen LogP contribution in [0.5, 0.6) is 0 Å². The number of aliphatic hydroxyl groups excluding tert-OH is 1. The molecule has 1 aromatic carbocycles. The van der Waals surface area contributed by atoms with Crippen LogP contribution in [0.2, 0.25) is 5.02 Å². The lowest BCUT2D eigenvalue weighted by Crippen LogP contribution is -2.53. The number of fused-ring (bicyclic) bond motifs is 1. The molecule has 9 heteroatoms. The number of halogens is 2. The van der Waals surface area contributed by atoms with Gasteiger partial charge in [0, 0.05) is 37.8 Å². The van der Waals surface area contributed by atoms with Crippen LogP contribution in [0.1, 0.15) is 48.6 Å². The Morgan fingerprint density at radius 2 is 2.00 bits per heavy atom. The highest BCUT2D eigenvalue weighted by molar-refractivity contribution is 6.30. The first-order chi connectivity index (χ1) is 14.8. The van der Waals surface area contributed by atoms with Gasteiger partial charge in [-0.3, -0.25) is 4.79 Å². The number of hydrogen-bond donors (Lipinski definition) is 2. The van der Waals surface area contributed by atoms with Gasteiger partial charge in [-0.2, -0.15) is 0 Å². The third-order valence-electron chi connectivity index (χ3n) is 6.98. The zero-order valence-electron chi connectivity index (χ0n) is 17.3. The summed E-state index contributed by atoms with van der Waals surface area (Å²) >= 11 is 5.82. The van der Waals surface area contributed by atoms with Gasteiger partial charge < -0.3 is 20.6 Å². The minimum atomic E-state index is -0.873. The Morgan fingerprint density at radius 1 is 1.29 bits per heavy atom. The Bertz CT molecular complexity index is 1040. The maximum absolute atomic E-state index is 14.0. The van der Waals surface area contributed by atoms with Crippen LogP contribution in [0, 0.1) is 5.82 Å². The summed E-state index contributed by atoms with van der Waals surface area (Å²) in [6.45, 7) is 4.37. The van der Waals surface area contributed by atoms with Gasteiger partial charge in [0.25, 0.3) is 0 Å². The zero-order valence-corrected chi connectivity index (χ0v) is 18.0. The van der Waals surface area contributed by atoms with E-state index in [0.717, 1.165) is 11.4 Å². The topological polar surface area (TPSA) is 95.6 Å². The van der Waals surface area contributed by atoms with Crippen LogP contribution in [-0.4, -0.2) is 58.1 Å². The predicted molar refractivity (Wildman–Crippen MR) is 114 cm³/mol. The summed E-state index contributed by atoms with van der Waals surface area (Å²) in [4.78, 5) is 26.2. The van der Waals surface area contributed by atoms with Crippen LogP contribution >= 0.6 is 11.6 Å². The average Bonchev–Trinajstić information content (AvgIpc) is 3.37. The van der Waals surface area contributed by atoms with Gasteiger partial charge in [-0.25, -0.2) is 14.4 Å². The number of piperazine rings is 1. The molecule has 2 aliphatic carbocycles. The van der Waals surface area contributed by atoms with Crippen molar-refractivity contribution in [2.24, 2.45) is 5.73 Å². The van der Waals surface area contributed by atoms with Gasteiger partial charge in [-0.1, -0.05) is 24.6 Å². The first-order valence-electron chi connectivity index (χ1n) is 10.6. The fourth-order valence-corrected chi connectivity index (χ4v) is 5.24. The number of carbonyl (C=O) groups excluding carboxylic acids is 1. The maximum atomic E-state index is 14.0. The van der Waals surface area contributed by atoms with Crippen molar-refractivity contribution in [3.8, 4) is 0 Å². The summed E-state index contributed by atoms with van der Waals surface area (Å²) in [5.41, 5.74) is 7.62. The normalized spacial score (nSPS) is 29.8. The Labute approximate surface area is 185 Å². The number of hydrogen-bond acceptors (Lipinski definition) is 6. The third-order valence-corrected chi connectivity index (χ3v) is 7.28. The molecule has 7 nitrogen and oxygen atoms in total. The number of anilines is 1. The SMILES string of the molecule is C[C@@H]1C[C@@H](O)c2ncnc(N3CCN(C(=O)C4(c5ccc(Cl)c(F)c5)CC4N)CC3)c21. The molecular formula is C22H25ClFN5O2. The highest BCUT2D eigenvalue weighted by Gasteiger charge is 2.61. The van der Waals surface area contributed by atoms with E-state index in [9.17, 15) is 14.3 Å². The molecule has 0 radical (unpaired) electrons. The van der Waals surface area contributed by atoms with Crippen LogP contribution in [0.25, 0.3) is 0 Å². The lowest BCUT2D eigenvalue weighted by atomic mass is 9.92. The van der Waals surface area contributed by atoms with Gasteiger partial charge in [0.05, 0.1) is 22.2 Å². The highest BCUT2D eigenvalue weighted by atomic mass is 35.5. The molecule has 1 saturated carbocycles. The highest BCUT2D eigenvalue weighted by Crippen LogP contribution is 2.49. The minimum absolute atomic E-state index is 0.0333. The molecule has 2 unspecified atom stereocenters. The number of benzene rings is 1. The lowest BCUT2D eigenvalue weighted by Gasteiger charge is -2.38. The second kappa shape index (κ2) is 7.39. The number of nitrogens with zero attached hydrogens (tertiary/aromatic N) is 4. The van der Waals surface area contributed by atoms with Gasteiger partial charge in [-0.05, 0) is 36.5 Å². The van der Waals surface area contributed by atoms with Crippen molar-refractivity contribution >= 4 is 23.3 Å². The van der Waals surface area contributed by atoms with Gasteiger partial charge >= 0.3 is 0 Å². The molecule has 3 aliphatic rings. The Balaban J connectivity index is 1.33. The van der Waals surface area contributed by atoms with Crippen LogP contribution in [-0.2, 0) is 10.2 Å². The third kappa shape index (κ3) is 3.20. The summed E-state index contributed by atoms with van der Waals surface area (Å²) in [6.07, 6.45) is 2.10. The van der Waals surface area contributed by atoms with E-state index in [1.807, 2.05) is 4.90 Å². The second-order valence-electron chi connectivity index (χ2n) is 8.84. The first kappa shape index (κ1) is 20.6. The van der Waals surface area contributed by atoms with E-state index in [1.165, 1.54) is 18.5 Å². The van der Waals surface area contributed by atoms with E-state index in [4.69, 9.17) is 17.3 Å². The lowest BCUT2D eigenvalue weighted by molar-refractivity contribution is -0.134. The molecule has 1 saturated heterocycles. The molecule has 31 heavy (non-hydrogen) atoms. The Kier molecular flexibility index (Phi) is 4.91. The van der Waals surface area contributed by atoms with E-state index in [0.29, 0.717) is 50.3 Å². The smallest absolute Gasteiger partial charge is 0.234 e. The molecule has 1 aliphatic heterocycles. The molecule has 1 aromatic heterocycles. The van der Waals surface area contributed by atoms with Gasteiger partial charge in [0.2, 0.25) is 5.91 Å². The molecule has 2 heterocycles. The van der Waals surface area contributed by atoms with E-state index >= 15 is 0 Å². The number of rotatable bonds is 3. The summed E-state index contributed by atoms with van der Waals surface area (Å²) in [7, 11) is 0. The number of amides is 1. The van der Waals surface area contributed by atoms with Crippen molar-refractivity contribution in [2.45, 2.75) is 43.2 Å². The number of aromatic nitrogens is 2. The fourth-order valence-electron chi connectivity index (χ4n) is 5.12. The van der Waals surface area contributed by atoms with E-state index < -0.39 is 17.3 Å². The van der Waals surface area contributed by atoms with Crippen LogP contribution < -0.4 is 10.6 Å². The van der Waals surface area contributed by atoms with E-state index in [1.54, 1.807) is 6.07 Å². The van der Waals surface area contributed by atoms with Crippen molar-refractivity contribution in [1.29, 1.82) is 0 Å². The summed E-state index contributed by atoms with van der Waals surface area (Å²) in [5.74, 6) is 0.439. The van der Waals surface area contributed by atoms with Crippen molar-refractivity contribution in [3.63, 3.8) is 0 Å². The molecule has 2 aromatic rings. The summed E-state index contributed by atoms with van der Waals surface area (Å²) in [5, 5.41) is 10.3. The molecule has 164 valence electrons. The monoisotopic (exact) mass is 445 g/mol. The molecule has 3 N–H and O–H groups in total. The molecule has 4 atom stereocenters. The molecular weight excluding hydrogens is 421 g/mol. The summed E-state index contributed by atoms with van der Waals surface area (Å²) < 4.78 is 14.0. The van der Waals surface area contributed by atoms with Crippen LogP contribution in [0.4, 0.5) is 10.2 Å². The van der Waals surface area contributed by atoms with Crippen molar-refractivity contribution in [1.82, 2.24) is 14.9 Å².